The molecule has 0 saturated heterocycles. The van der Waals surface area contributed by atoms with Crippen molar-refractivity contribution in [2.24, 2.45) is 0 Å². The number of fused-ring (bicyclic) bond motifs is 1. The zero-order valence-electron chi connectivity index (χ0n) is 6.90. The first-order chi connectivity index (χ1) is 6.29. The van der Waals surface area contributed by atoms with Crippen molar-refractivity contribution < 1.29 is 9.90 Å². The fourth-order valence-corrected chi connectivity index (χ4v) is 1.41. The SMILES string of the molecule is O=[14C](O)c1cccc2ccccc12. The van der Waals surface area contributed by atoms with Gasteiger partial charge in [0.05, 0.1) is 5.56 Å². The summed E-state index contributed by atoms with van der Waals surface area (Å²) in [6.07, 6.45) is 0. The standard InChI is InChI=1S/C11H8O2/c12-11(13)10-7-3-5-8-4-1-2-6-9(8)10/h1-7H,(H,12,13)/i11+2. The summed E-state index contributed by atoms with van der Waals surface area (Å²) in [6.45, 7) is 0. The molecule has 2 aromatic carbocycles. The molecule has 0 aliphatic heterocycles. The number of benzene rings is 2. The summed E-state index contributed by atoms with van der Waals surface area (Å²) < 4.78 is 0. The van der Waals surface area contributed by atoms with Crippen molar-refractivity contribution in [1.82, 2.24) is 0 Å². The van der Waals surface area contributed by atoms with Gasteiger partial charge in [-0.15, -0.1) is 0 Å². The van der Waals surface area contributed by atoms with E-state index in [1.807, 2.05) is 30.3 Å². The summed E-state index contributed by atoms with van der Waals surface area (Å²) in [7, 11) is 0. The van der Waals surface area contributed by atoms with E-state index in [0.29, 0.717) is 5.56 Å². The molecule has 0 heterocycles. The highest BCUT2D eigenvalue weighted by atomic mass is 16.6. The minimum absolute atomic E-state index is 0.359. The van der Waals surface area contributed by atoms with E-state index in [1.54, 1.807) is 12.1 Å². The average molecular weight is 174 g/mol. The maximum Gasteiger partial charge on any atom is 0.336 e. The molecule has 2 heteroatoms. The summed E-state index contributed by atoms with van der Waals surface area (Å²) in [5.74, 6) is -0.878. The third-order valence-electron chi connectivity index (χ3n) is 2.02. The van der Waals surface area contributed by atoms with Crippen molar-refractivity contribution in [1.29, 1.82) is 0 Å². The smallest absolute Gasteiger partial charge is 0.336 e. The average Bonchev–Trinajstić information content (AvgIpc) is 2.17. The van der Waals surface area contributed by atoms with E-state index in [0.717, 1.165) is 10.8 Å². The van der Waals surface area contributed by atoms with Gasteiger partial charge in [-0.05, 0) is 16.8 Å². The first-order valence-electron chi connectivity index (χ1n) is 4.00. The molecule has 0 aliphatic rings. The Morgan fingerprint density at radius 3 is 2.46 bits per heavy atom. The Morgan fingerprint density at radius 1 is 1.00 bits per heavy atom. The fourth-order valence-electron chi connectivity index (χ4n) is 1.41. The molecule has 1 N–H and O–H groups in total. The van der Waals surface area contributed by atoms with Crippen LogP contribution in [-0.2, 0) is 0 Å². The van der Waals surface area contributed by atoms with Crippen molar-refractivity contribution in [2.45, 2.75) is 0 Å². The van der Waals surface area contributed by atoms with Gasteiger partial charge in [-0.1, -0.05) is 36.4 Å². The molecule has 0 amide bonds. The van der Waals surface area contributed by atoms with Crippen LogP contribution in [0.15, 0.2) is 42.5 Å². The van der Waals surface area contributed by atoms with Gasteiger partial charge in [0, 0.05) is 0 Å². The van der Waals surface area contributed by atoms with Gasteiger partial charge >= 0.3 is 5.97 Å². The van der Waals surface area contributed by atoms with E-state index >= 15 is 0 Å². The van der Waals surface area contributed by atoms with Crippen molar-refractivity contribution >= 4 is 16.7 Å². The quantitative estimate of drug-likeness (QED) is 0.721. The Balaban J connectivity index is 2.83. The van der Waals surface area contributed by atoms with Gasteiger partial charge in [-0.3, -0.25) is 0 Å². The summed E-state index contributed by atoms with van der Waals surface area (Å²) in [5, 5.41) is 10.6. The second-order valence-corrected chi connectivity index (χ2v) is 2.83. The van der Waals surface area contributed by atoms with Gasteiger partial charge < -0.3 is 5.11 Å². The Hall–Kier alpha value is -1.83. The minimum Gasteiger partial charge on any atom is -0.478 e. The molecule has 0 aromatic heterocycles. The summed E-state index contributed by atoms with van der Waals surface area (Å²) in [5.41, 5.74) is 0.359. The Labute approximate surface area is 75.4 Å². The van der Waals surface area contributed by atoms with Crippen LogP contribution in [0.3, 0.4) is 0 Å². The number of rotatable bonds is 1. The predicted molar refractivity (Wildman–Crippen MR) is 50.9 cm³/mol. The highest BCUT2D eigenvalue weighted by Gasteiger charge is 2.05. The van der Waals surface area contributed by atoms with Gasteiger partial charge in [-0.2, -0.15) is 0 Å². The van der Waals surface area contributed by atoms with E-state index in [4.69, 9.17) is 5.11 Å². The van der Waals surface area contributed by atoms with Crippen LogP contribution < -0.4 is 0 Å². The van der Waals surface area contributed by atoms with Crippen molar-refractivity contribution in [2.75, 3.05) is 0 Å². The topological polar surface area (TPSA) is 37.3 Å². The zero-order valence-corrected chi connectivity index (χ0v) is 6.90. The second-order valence-electron chi connectivity index (χ2n) is 2.83. The minimum atomic E-state index is -0.878. The molecule has 0 unspecified atom stereocenters. The first-order valence-corrected chi connectivity index (χ1v) is 4.00. The van der Waals surface area contributed by atoms with Crippen LogP contribution in [0.1, 0.15) is 10.4 Å². The molecule has 0 bridgehead atoms. The first kappa shape index (κ1) is 7.80. The van der Waals surface area contributed by atoms with Crippen LogP contribution in [-0.4, -0.2) is 11.1 Å². The van der Waals surface area contributed by atoms with Crippen LogP contribution in [0.5, 0.6) is 0 Å². The molecule has 2 rings (SSSR count). The molecule has 64 valence electrons. The normalized spacial score (nSPS) is 10.2. The maximum atomic E-state index is 10.8. The van der Waals surface area contributed by atoms with Gasteiger partial charge in [0.25, 0.3) is 0 Å². The molecule has 0 radical (unpaired) electrons. The molecule has 0 saturated carbocycles. The van der Waals surface area contributed by atoms with E-state index < -0.39 is 5.97 Å². The third kappa shape index (κ3) is 1.26. The highest BCUT2D eigenvalue weighted by Crippen LogP contribution is 2.17. The van der Waals surface area contributed by atoms with Crippen LogP contribution in [0, 0.1) is 0 Å². The number of carbonyl (C=O) groups is 1. The summed E-state index contributed by atoms with van der Waals surface area (Å²) in [4.78, 5) is 10.8. The number of aromatic carboxylic acids is 1. The van der Waals surface area contributed by atoms with Crippen molar-refractivity contribution in [3.63, 3.8) is 0 Å². The lowest BCUT2D eigenvalue weighted by atomic mass is 10.1. The third-order valence-corrected chi connectivity index (χ3v) is 2.02. The van der Waals surface area contributed by atoms with Gasteiger partial charge in [0.1, 0.15) is 0 Å². The zero-order chi connectivity index (χ0) is 9.26. The molecule has 2 aromatic rings. The van der Waals surface area contributed by atoms with Gasteiger partial charge in [0.2, 0.25) is 0 Å². The molecular formula is C11H8O2. The van der Waals surface area contributed by atoms with Crippen LogP contribution in [0.4, 0.5) is 0 Å². The fraction of sp³-hybridized carbons (Fsp3) is 0. The number of carboxylic acids is 1. The lowest BCUT2D eigenvalue weighted by Gasteiger charge is -2.00. The maximum absolute atomic E-state index is 10.8. The molecular weight excluding hydrogens is 166 g/mol. The van der Waals surface area contributed by atoms with Crippen molar-refractivity contribution in [3.05, 3.63) is 48.0 Å². The molecule has 0 aliphatic carbocycles. The summed E-state index contributed by atoms with van der Waals surface area (Å²) >= 11 is 0. The Kier molecular flexibility index (Phi) is 1.74. The molecule has 0 fully saturated rings. The Morgan fingerprint density at radius 2 is 1.69 bits per heavy atom. The van der Waals surface area contributed by atoms with E-state index in [2.05, 4.69) is 0 Å². The van der Waals surface area contributed by atoms with E-state index in [9.17, 15) is 4.79 Å². The van der Waals surface area contributed by atoms with E-state index in [1.165, 1.54) is 0 Å². The Bertz CT molecular complexity index is 455. The van der Waals surface area contributed by atoms with E-state index in [-0.39, 0.29) is 0 Å². The van der Waals surface area contributed by atoms with Crippen molar-refractivity contribution in [3.8, 4) is 0 Å². The summed E-state index contributed by atoms with van der Waals surface area (Å²) in [6, 6.07) is 12.7. The second kappa shape index (κ2) is 2.90. The molecule has 2 nitrogen and oxygen atoms in total. The largest absolute Gasteiger partial charge is 0.478 e. The van der Waals surface area contributed by atoms with Crippen LogP contribution in [0.2, 0.25) is 0 Å². The monoisotopic (exact) mass is 174 g/mol. The lowest BCUT2D eigenvalue weighted by Crippen LogP contribution is -1.96. The number of carboxylic acid groups (broad SMARTS) is 1. The van der Waals surface area contributed by atoms with Crippen LogP contribution >= 0.6 is 0 Å². The molecule has 0 spiro atoms. The highest BCUT2D eigenvalue weighted by molar-refractivity contribution is 6.03. The predicted octanol–water partition coefficient (Wildman–Crippen LogP) is 2.54. The lowest BCUT2D eigenvalue weighted by molar-refractivity contribution is 0.0699. The molecule has 13 heavy (non-hydrogen) atoms. The van der Waals surface area contributed by atoms with Gasteiger partial charge in [-0.25, -0.2) is 4.79 Å². The van der Waals surface area contributed by atoms with Crippen LogP contribution in [0.25, 0.3) is 10.8 Å². The molecule has 0 atom stereocenters. The number of hydrogen-bond donors (Lipinski definition) is 1. The van der Waals surface area contributed by atoms with Gasteiger partial charge in [0.15, 0.2) is 0 Å². The number of hydrogen-bond acceptors (Lipinski definition) is 1.